The summed E-state index contributed by atoms with van der Waals surface area (Å²) >= 11 is 3.25. The Labute approximate surface area is 108 Å². The van der Waals surface area contributed by atoms with E-state index in [4.69, 9.17) is 0 Å². The van der Waals surface area contributed by atoms with Crippen molar-refractivity contribution in [2.45, 2.75) is 25.3 Å². The van der Waals surface area contributed by atoms with Gasteiger partial charge in [0.25, 0.3) is 0 Å². The first-order valence-corrected chi connectivity index (χ1v) is 6.45. The van der Waals surface area contributed by atoms with Gasteiger partial charge in [0.05, 0.1) is 11.7 Å². The normalized spacial score (nSPS) is 20.0. The molecule has 1 fully saturated rings. The van der Waals surface area contributed by atoms with E-state index in [1.54, 1.807) is 12.1 Å². The van der Waals surface area contributed by atoms with Crippen molar-refractivity contribution in [2.75, 3.05) is 11.9 Å². The van der Waals surface area contributed by atoms with Crippen molar-refractivity contribution in [2.24, 2.45) is 0 Å². The van der Waals surface area contributed by atoms with Crippen LogP contribution in [-0.4, -0.2) is 18.5 Å². The molecule has 1 aliphatic heterocycles. The standard InChI is InChI=1S/C12H14BrFN2O/c13-8-4-5-9(14)11(7-8)16-12(17)10-3-1-2-6-15-10/h4-5,7,10,15H,1-3,6H2,(H,16,17). The number of anilines is 1. The van der Waals surface area contributed by atoms with E-state index in [0.717, 1.165) is 30.3 Å². The Morgan fingerprint density at radius 1 is 1.47 bits per heavy atom. The molecule has 1 atom stereocenters. The molecular weight excluding hydrogens is 287 g/mol. The number of piperidine rings is 1. The van der Waals surface area contributed by atoms with Crippen LogP contribution in [0.4, 0.5) is 10.1 Å². The molecule has 17 heavy (non-hydrogen) atoms. The molecule has 0 aliphatic carbocycles. The summed E-state index contributed by atoms with van der Waals surface area (Å²) in [5.41, 5.74) is 0.219. The highest BCUT2D eigenvalue weighted by molar-refractivity contribution is 9.10. The van der Waals surface area contributed by atoms with E-state index in [2.05, 4.69) is 26.6 Å². The number of rotatable bonds is 2. The fourth-order valence-corrected chi connectivity index (χ4v) is 2.25. The van der Waals surface area contributed by atoms with Gasteiger partial charge in [-0.1, -0.05) is 22.4 Å². The molecule has 92 valence electrons. The highest BCUT2D eigenvalue weighted by atomic mass is 79.9. The second-order valence-electron chi connectivity index (χ2n) is 4.12. The fourth-order valence-electron chi connectivity index (χ4n) is 1.89. The number of benzene rings is 1. The van der Waals surface area contributed by atoms with Gasteiger partial charge in [-0.2, -0.15) is 0 Å². The van der Waals surface area contributed by atoms with Crippen LogP contribution in [0.5, 0.6) is 0 Å². The molecule has 2 rings (SSSR count). The summed E-state index contributed by atoms with van der Waals surface area (Å²) in [7, 11) is 0. The highest BCUT2D eigenvalue weighted by Gasteiger charge is 2.21. The molecule has 1 heterocycles. The lowest BCUT2D eigenvalue weighted by Gasteiger charge is -2.22. The molecule has 1 amide bonds. The molecular formula is C12H14BrFN2O. The van der Waals surface area contributed by atoms with Crippen molar-refractivity contribution in [3.63, 3.8) is 0 Å². The number of hydrogen-bond donors (Lipinski definition) is 2. The van der Waals surface area contributed by atoms with Crippen molar-refractivity contribution in [3.8, 4) is 0 Å². The van der Waals surface area contributed by atoms with Crippen LogP contribution >= 0.6 is 15.9 Å². The van der Waals surface area contributed by atoms with Gasteiger partial charge in [-0.05, 0) is 37.6 Å². The summed E-state index contributed by atoms with van der Waals surface area (Å²) in [6.07, 6.45) is 2.93. The maximum atomic E-state index is 13.4. The van der Waals surface area contributed by atoms with Crippen LogP contribution in [-0.2, 0) is 4.79 Å². The zero-order valence-corrected chi connectivity index (χ0v) is 10.9. The minimum atomic E-state index is -0.419. The SMILES string of the molecule is O=C(Nc1cc(Br)ccc1F)C1CCCCN1. The van der Waals surface area contributed by atoms with Crippen molar-refractivity contribution in [1.29, 1.82) is 0 Å². The van der Waals surface area contributed by atoms with Crippen molar-refractivity contribution < 1.29 is 9.18 Å². The first-order chi connectivity index (χ1) is 8.16. The number of nitrogens with one attached hydrogen (secondary N) is 2. The smallest absolute Gasteiger partial charge is 0.241 e. The molecule has 5 heteroatoms. The Morgan fingerprint density at radius 3 is 3.00 bits per heavy atom. The Kier molecular flexibility index (Phi) is 4.12. The van der Waals surface area contributed by atoms with E-state index in [9.17, 15) is 9.18 Å². The number of amides is 1. The molecule has 3 nitrogen and oxygen atoms in total. The molecule has 0 spiro atoms. The van der Waals surface area contributed by atoms with Gasteiger partial charge in [0.2, 0.25) is 5.91 Å². The molecule has 0 radical (unpaired) electrons. The van der Waals surface area contributed by atoms with Crippen LogP contribution in [0, 0.1) is 5.82 Å². The lowest BCUT2D eigenvalue weighted by molar-refractivity contribution is -0.118. The van der Waals surface area contributed by atoms with Gasteiger partial charge >= 0.3 is 0 Å². The molecule has 1 aromatic carbocycles. The maximum absolute atomic E-state index is 13.4. The first-order valence-electron chi connectivity index (χ1n) is 5.66. The summed E-state index contributed by atoms with van der Waals surface area (Å²) in [6.45, 7) is 0.846. The molecule has 0 aromatic heterocycles. The van der Waals surface area contributed by atoms with Crippen LogP contribution in [0.1, 0.15) is 19.3 Å². The largest absolute Gasteiger partial charge is 0.322 e. The Bertz CT molecular complexity index is 419. The van der Waals surface area contributed by atoms with Crippen molar-refractivity contribution in [3.05, 3.63) is 28.5 Å². The average molecular weight is 301 g/mol. The van der Waals surface area contributed by atoms with Gasteiger partial charge in [0, 0.05) is 4.47 Å². The lowest BCUT2D eigenvalue weighted by atomic mass is 10.0. The van der Waals surface area contributed by atoms with Gasteiger partial charge in [-0.25, -0.2) is 4.39 Å². The van der Waals surface area contributed by atoms with Crippen LogP contribution in [0.3, 0.4) is 0 Å². The maximum Gasteiger partial charge on any atom is 0.241 e. The van der Waals surface area contributed by atoms with Crippen LogP contribution in [0.15, 0.2) is 22.7 Å². The zero-order valence-electron chi connectivity index (χ0n) is 9.30. The van der Waals surface area contributed by atoms with E-state index in [0.29, 0.717) is 0 Å². The molecule has 0 bridgehead atoms. The molecule has 1 aliphatic rings. The van der Waals surface area contributed by atoms with Crippen molar-refractivity contribution >= 4 is 27.5 Å². The Hall–Kier alpha value is -0.940. The third kappa shape index (κ3) is 3.26. The number of hydrogen-bond acceptors (Lipinski definition) is 2. The van der Waals surface area contributed by atoms with Gasteiger partial charge in [-0.15, -0.1) is 0 Å². The minimum Gasteiger partial charge on any atom is -0.322 e. The highest BCUT2D eigenvalue weighted by Crippen LogP contribution is 2.20. The molecule has 0 saturated carbocycles. The van der Waals surface area contributed by atoms with Gasteiger partial charge in [0.1, 0.15) is 5.82 Å². The number of carbonyl (C=O) groups excluding carboxylic acids is 1. The quantitative estimate of drug-likeness (QED) is 0.882. The van der Waals surface area contributed by atoms with Crippen molar-refractivity contribution in [1.82, 2.24) is 5.32 Å². The summed E-state index contributed by atoms with van der Waals surface area (Å²) in [5.74, 6) is -0.584. The molecule has 1 aromatic rings. The van der Waals surface area contributed by atoms with E-state index in [1.807, 2.05) is 0 Å². The van der Waals surface area contributed by atoms with Gasteiger partial charge in [-0.3, -0.25) is 4.79 Å². The Morgan fingerprint density at radius 2 is 2.29 bits per heavy atom. The third-order valence-corrected chi connectivity index (χ3v) is 3.31. The van der Waals surface area contributed by atoms with Crippen LogP contribution in [0.25, 0.3) is 0 Å². The zero-order chi connectivity index (χ0) is 12.3. The number of carbonyl (C=O) groups is 1. The molecule has 1 unspecified atom stereocenters. The van der Waals surface area contributed by atoms with E-state index < -0.39 is 5.82 Å². The summed E-state index contributed by atoms with van der Waals surface area (Å²) in [6, 6.07) is 4.29. The van der Waals surface area contributed by atoms with E-state index in [-0.39, 0.29) is 17.6 Å². The first kappa shape index (κ1) is 12.5. The summed E-state index contributed by atoms with van der Waals surface area (Å²) in [5, 5.41) is 5.74. The topological polar surface area (TPSA) is 41.1 Å². The predicted molar refractivity (Wildman–Crippen MR) is 68.4 cm³/mol. The summed E-state index contributed by atoms with van der Waals surface area (Å²) in [4.78, 5) is 11.9. The van der Waals surface area contributed by atoms with Crippen LogP contribution in [0.2, 0.25) is 0 Å². The second kappa shape index (κ2) is 5.60. The fraction of sp³-hybridized carbons (Fsp3) is 0.417. The van der Waals surface area contributed by atoms with Gasteiger partial charge in [0.15, 0.2) is 0 Å². The monoisotopic (exact) mass is 300 g/mol. The number of halogens is 2. The van der Waals surface area contributed by atoms with Gasteiger partial charge < -0.3 is 10.6 Å². The van der Waals surface area contributed by atoms with E-state index in [1.165, 1.54) is 6.07 Å². The van der Waals surface area contributed by atoms with E-state index >= 15 is 0 Å². The second-order valence-corrected chi connectivity index (χ2v) is 5.03. The van der Waals surface area contributed by atoms with Crippen LogP contribution < -0.4 is 10.6 Å². The lowest BCUT2D eigenvalue weighted by Crippen LogP contribution is -2.43. The molecule has 2 N–H and O–H groups in total. The summed E-state index contributed by atoms with van der Waals surface area (Å²) < 4.78 is 14.2. The molecule has 1 saturated heterocycles. The average Bonchev–Trinajstić information content (AvgIpc) is 2.35. The Balaban J connectivity index is 2.04. The minimum absolute atomic E-state index is 0.165. The predicted octanol–water partition coefficient (Wildman–Crippen LogP) is 2.67. The third-order valence-electron chi connectivity index (χ3n) is 2.81.